The maximum atomic E-state index is 14.2. The first-order valence-corrected chi connectivity index (χ1v) is 14.1. The number of benzene rings is 2. The van der Waals surface area contributed by atoms with Gasteiger partial charge in [-0.15, -0.1) is 0 Å². The summed E-state index contributed by atoms with van der Waals surface area (Å²) in [4.78, 5) is 44.8. The van der Waals surface area contributed by atoms with E-state index in [0.29, 0.717) is 18.8 Å². The highest BCUT2D eigenvalue weighted by molar-refractivity contribution is 9.10. The number of aliphatic imine (C=N–C) groups is 1. The number of guanidine groups is 1. The molecule has 2 aromatic carbocycles. The van der Waals surface area contributed by atoms with Crippen LogP contribution in [-0.2, 0) is 17.9 Å². The van der Waals surface area contributed by atoms with Crippen LogP contribution in [0.2, 0.25) is 0 Å². The van der Waals surface area contributed by atoms with Crippen LogP contribution in [0.4, 0.5) is 4.79 Å². The molecule has 0 aliphatic carbocycles. The number of hydrogen-bond donors (Lipinski definition) is 1. The molecule has 2 unspecified atom stereocenters. The molecule has 4 heterocycles. The highest BCUT2D eigenvalue weighted by Crippen LogP contribution is 2.33. The summed E-state index contributed by atoms with van der Waals surface area (Å²) in [5, 5.41) is 1.97. The zero-order valence-corrected chi connectivity index (χ0v) is 23.7. The van der Waals surface area contributed by atoms with E-state index in [1.807, 2.05) is 61.5 Å². The Bertz CT molecular complexity index is 1480. The van der Waals surface area contributed by atoms with Gasteiger partial charge in [-0.1, -0.05) is 58.4 Å². The van der Waals surface area contributed by atoms with Gasteiger partial charge < -0.3 is 20.4 Å². The molecule has 2 saturated heterocycles. The summed E-state index contributed by atoms with van der Waals surface area (Å²) in [5.41, 5.74) is 8.92. The molecule has 0 spiro atoms. The van der Waals surface area contributed by atoms with E-state index in [4.69, 9.17) is 15.7 Å². The number of nitrogens with zero attached hydrogens (tertiary/aromatic N) is 6. The minimum atomic E-state index is -0.649. The SMILES string of the molecule is Cc1cc2ccccc2c(CN2C(=O)C3C(N=C(N4CCC[C@@H](N)C4)N3Cc3ccccc3Br)N(C)C2=O)n1. The van der Waals surface area contributed by atoms with Crippen LogP contribution in [0.5, 0.6) is 0 Å². The molecule has 202 valence electrons. The molecule has 1 aromatic heterocycles. The van der Waals surface area contributed by atoms with Gasteiger partial charge in [-0.3, -0.25) is 14.7 Å². The number of pyridine rings is 1. The van der Waals surface area contributed by atoms with E-state index in [2.05, 4.69) is 25.7 Å². The Morgan fingerprint density at radius 2 is 1.85 bits per heavy atom. The van der Waals surface area contributed by atoms with Crippen LogP contribution in [0.25, 0.3) is 10.8 Å². The van der Waals surface area contributed by atoms with Crippen molar-refractivity contribution in [2.75, 3.05) is 20.1 Å². The van der Waals surface area contributed by atoms with Crippen LogP contribution in [0, 0.1) is 6.92 Å². The molecule has 2 fully saturated rings. The maximum Gasteiger partial charge on any atom is 0.328 e. The van der Waals surface area contributed by atoms with E-state index < -0.39 is 12.2 Å². The zero-order valence-electron chi connectivity index (χ0n) is 22.1. The van der Waals surface area contributed by atoms with Crippen molar-refractivity contribution in [1.82, 2.24) is 24.6 Å². The van der Waals surface area contributed by atoms with Gasteiger partial charge >= 0.3 is 6.03 Å². The van der Waals surface area contributed by atoms with E-state index in [0.717, 1.165) is 51.8 Å². The van der Waals surface area contributed by atoms with Gasteiger partial charge in [-0.2, -0.15) is 0 Å². The fourth-order valence-corrected chi connectivity index (χ4v) is 6.34. The van der Waals surface area contributed by atoms with Crippen LogP contribution >= 0.6 is 15.9 Å². The minimum Gasteiger partial charge on any atom is -0.341 e. The number of nitrogens with two attached hydrogens (primary N) is 1. The van der Waals surface area contributed by atoms with Crippen LogP contribution in [0.1, 0.15) is 29.8 Å². The molecule has 9 nitrogen and oxygen atoms in total. The number of likely N-dealkylation sites (N-methyl/N-ethyl adjacent to an activating group) is 1. The normalized spacial score (nSPS) is 23.5. The molecule has 3 aromatic rings. The quantitative estimate of drug-likeness (QED) is 0.498. The lowest BCUT2D eigenvalue weighted by Crippen LogP contribution is -2.65. The Morgan fingerprint density at radius 3 is 2.64 bits per heavy atom. The number of carbonyl (C=O) groups is 2. The molecule has 3 aliphatic rings. The molecular weight excluding hydrogens is 558 g/mol. The van der Waals surface area contributed by atoms with Gasteiger partial charge in [0.15, 0.2) is 18.2 Å². The minimum absolute atomic E-state index is 0.0432. The third kappa shape index (κ3) is 4.65. The Balaban J connectivity index is 1.38. The van der Waals surface area contributed by atoms with E-state index in [9.17, 15) is 9.59 Å². The lowest BCUT2D eigenvalue weighted by atomic mass is 10.1. The first-order valence-electron chi connectivity index (χ1n) is 13.3. The molecule has 0 radical (unpaired) electrons. The van der Waals surface area contributed by atoms with Crippen molar-refractivity contribution in [3.05, 3.63) is 76.0 Å². The third-order valence-corrected chi connectivity index (χ3v) is 8.64. The molecule has 3 amide bonds. The third-order valence-electron chi connectivity index (χ3n) is 7.87. The average molecular weight is 591 g/mol. The number of rotatable bonds is 4. The summed E-state index contributed by atoms with van der Waals surface area (Å²) in [6.07, 6.45) is 1.31. The number of urea groups is 1. The molecule has 0 saturated carbocycles. The summed E-state index contributed by atoms with van der Waals surface area (Å²) >= 11 is 3.67. The fourth-order valence-electron chi connectivity index (χ4n) is 5.93. The highest BCUT2D eigenvalue weighted by Gasteiger charge is 2.53. The number of aryl methyl sites for hydroxylation is 1. The maximum absolute atomic E-state index is 14.2. The van der Waals surface area contributed by atoms with Crippen LogP contribution in [-0.4, -0.2) is 80.9 Å². The number of fused-ring (bicyclic) bond motifs is 2. The van der Waals surface area contributed by atoms with Gasteiger partial charge in [-0.25, -0.2) is 9.79 Å². The Labute approximate surface area is 236 Å². The van der Waals surface area contributed by atoms with Crippen LogP contribution < -0.4 is 5.73 Å². The number of piperidine rings is 1. The average Bonchev–Trinajstić information content (AvgIpc) is 3.30. The van der Waals surface area contributed by atoms with E-state index in [1.165, 1.54) is 4.90 Å². The number of aromatic nitrogens is 1. The van der Waals surface area contributed by atoms with Crippen molar-refractivity contribution in [2.24, 2.45) is 10.7 Å². The number of likely N-dealkylation sites (tertiary alicyclic amines) is 1. The van der Waals surface area contributed by atoms with Gasteiger partial charge in [0.1, 0.15) is 0 Å². The van der Waals surface area contributed by atoms with Crippen molar-refractivity contribution < 1.29 is 9.59 Å². The first kappa shape index (κ1) is 25.8. The number of halogens is 1. The Kier molecular flexibility index (Phi) is 6.76. The van der Waals surface area contributed by atoms with Crippen molar-refractivity contribution >= 4 is 44.6 Å². The predicted molar refractivity (Wildman–Crippen MR) is 154 cm³/mol. The highest BCUT2D eigenvalue weighted by atomic mass is 79.9. The van der Waals surface area contributed by atoms with Crippen LogP contribution in [0.3, 0.4) is 0 Å². The number of amides is 3. The van der Waals surface area contributed by atoms with Crippen molar-refractivity contribution in [3.63, 3.8) is 0 Å². The second-order valence-corrected chi connectivity index (χ2v) is 11.5. The van der Waals surface area contributed by atoms with Crippen molar-refractivity contribution in [3.8, 4) is 0 Å². The summed E-state index contributed by atoms with van der Waals surface area (Å²) in [6, 6.07) is 17.0. The lowest BCUT2D eigenvalue weighted by molar-refractivity contribution is -0.138. The smallest absolute Gasteiger partial charge is 0.328 e. The van der Waals surface area contributed by atoms with Crippen molar-refractivity contribution in [1.29, 1.82) is 0 Å². The molecule has 3 aliphatic heterocycles. The first-order chi connectivity index (χ1) is 18.8. The zero-order chi connectivity index (χ0) is 27.3. The molecule has 3 atom stereocenters. The number of hydrogen-bond acceptors (Lipinski definition) is 7. The molecule has 6 rings (SSSR count). The van der Waals surface area contributed by atoms with E-state index >= 15 is 0 Å². The number of imide groups is 1. The van der Waals surface area contributed by atoms with Gasteiger partial charge in [0.2, 0.25) is 0 Å². The monoisotopic (exact) mass is 589 g/mol. The topological polar surface area (TPSA) is 98.4 Å². The Morgan fingerprint density at radius 1 is 1.08 bits per heavy atom. The fraction of sp³-hybridized carbons (Fsp3) is 0.379. The second-order valence-electron chi connectivity index (χ2n) is 10.6. The summed E-state index contributed by atoms with van der Waals surface area (Å²) in [7, 11) is 1.73. The summed E-state index contributed by atoms with van der Waals surface area (Å²) in [6.45, 7) is 3.98. The van der Waals surface area contributed by atoms with E-state index in [-0.39, 0.29) is 24.5 Å². The van der Waals surface area contributed by atoms with E-state index in [1.54, 1.807) is 11.9 Å². The molecular formula is C29H32BrN7O2. The Hall–Kier alpha value is -3.50. The number of carbonyl (C=O) groups excluding carboxylic acids is 2. The standard InChI is InChI=1S/C29H32BrN7O2/c1-18-14-19-8-3-5-11-22(19)24(32-18)17-37-27(38)25-26(34(2)29(37)39)33-28(35-13-7-10-21(31)16-35)36(25)15-20-9-4-6-12-23(20)30/h3-6,8-9,11-12,14,21,25-26H,7,10,13,15-17,31H2,1-2H3/t21-,25?,26?/m1/s1. The van der Waals surface area contributed by atoms with Gasteiger partial charge in [-0.05, 0) is 42.8 Å². The molecule has 39 heavy (non-hydrogen) atoms. The lowest BCUT2D eigenvalue weighted by Gasteiger charge is -2.42. The van der Waals surface area contributed by atoms with Gasteiger partial charge in [0.25, 0.3) is 5.91 Å². The molecule has 0 bridgehead atoms. The van der Waals surface area contributed by atoms with Gasteiger partial charge in [0, 0.05) is 48.3 Å². The largest absolute Gasteiger partial charge is 0.341 e. The summed E-state index contributed by atoms with van der Waals surface area (Å²) < 4.78 is 0.961. The molecule has 2 N–H and O–H groups in total. The van der Waals surface area contributed by atoms with Crippen molar-refractivity contribution in [2.45, 2.75) is 51.1 Å². The predicted octanol–water partition coefficient (Wildman–Crippen LogP) is 3.69. The molecule has 10 heteroatoms. The summed E-state index contributed by atoms with van der Waals surface area (Å²) in [5.74, 6) is 0.465. The van der Waals surface area contributed by atoms with Gasteiger partial charge in [0.05, 0.1) is 12.2 Å². The second kappa shape index (κ2) is 10.2. The van der Waals surface area contributed by atoms with Crippen LogP contribution in [0.15, 0.2) is 64.1 Å².